The summed E-state index contributed by atoms with van der Waals surface area (Å²) in [6.07, 6.45) is -4.71. The highest BCUT2D eigenvalue weighted by molar-refractivity contribution is 5.92. The molecular formula is C16H16F3N3O. The van der Waals surface area contributed by atoms with E-state index in [9.17, 15) is 13.2 Å². The summed E-state index contributed by atoms with van der Waals surface area (Å²) in [5.41, 5.74) is 8.42. The van der Waals surface area contributed by atoms with E-state index in [0.29, 0.717) is 12.2 Å². The van der Waals surface area contributed by atoms with Gasteiger partial charge in [-0.05, 0) is 36.8 Å². The summed E-state index contributed by atoms with van der Waals surface area (Å²) in [4.78, 5) is 4.18. The van der Waals surface area contributed by atoms with Crippen LogP contribution in [0.4, 0.5) is 18.9 Å². The van der Waals surface area contributed by atoms with Crippen LogP contribution in [0.1, 0.15) is 11.1 Å². The van der Waals surface area contributed by atoms with E-state index in [1.807, 2.05) is 31.2 Å². The van der Waals surface area contributed by atoms with Gasteiger partial charge >= 0.3 is 6.36 Å². The molecular weight excluding hydrogens is 307 g/mol. The van der Waals surface area contributed by atoms with Crippen molar-refractivity contribution in [3.05, 3.63) is 59.7 Å². The molecule has 0 radical (unpaired) electrons. The molecule has 0 amide bonds. The van der Waals surface area contributed by atoms with E-state index in [1.54, 1.807) is 0 Å². The maximum Gasteiger partial charge on any atom is 0.573 e. The Bertz CT molecular complexity index is 682. The predicted octanol–water partition coefficient (Wildman–Crippen LogP) is 3.82. The summed E-state index contributed by atoms with van der Waals surface area (Å²) in [6.45, 7) is 2.40. The maximum absolute atomic E-state index is 12.1. The predicted molar refractivity (Wildman–Crippen MR) is 83.3 cm³/mol. The van der Waals surface area contributed by atoms with Gasteiger partial charge in [0.15, 0.2) is 5.96 Å². The van der Waals surface area contributed by atoms with Gasteiger partial charge in [-0.2, -0.15) is 0 Å². The first kappa shape index (κ1) is 16.7. The van der Waals surface area contributed by atoms with E-state index in [0.717, 1.165) is 11.1 Å². The molecule has 0 aromatic heterocycles. The zero-order valence-electron chi connectivity index (χ0n) is 12.4. The fourth-order valence-corrected chi connectivity index (χ4v) is 1.91. The fraction of sp³-hybridized carbons (Fsp3) is 0.188. The molecule has 0 aliphatic carbocycles. The van der Waals surface area contributed by atoms with Crippen molar-refractivity contribution in [2.24, 2.45) is 10.7 Å². The molecule has 2 aromatic carbocycles. The SMILES string of the molecule is Cc1cccc(CN=C(N)Nc2ccc(OC(F)(F)F)cc2)c1. The minimum Gasteiger partial charge on any atom is -0.406 e. The van der Waals surface area contributed by atoms with Crippen molar-refractivity contribution >= 4 is 11.6 Å². The summed E-state index contributed by atoms with van der Waals surface area (Å²) in [5, 5.41) is 2.81. The molecule has 0 aliphatic heterocycles. The van der Waals surface area contributed by atoms with Gasteiger partial charge in [0.2, 0.25) is 0 Å². The third-order valence-corrected chi connectivity index (χ3v) is 2.87. The van der Waals surface area contributed by atoms with Crippen molar-refractivity contribution in [1.82, 2.24) is 0 Å². The summed E-state index contributed by atoms with van der Waals surface area (Å²) < 4.78 is 40.0. The van der Waals surface area contributed by atoms with Crippen LogP contribution < -0.4 is 15.8 Å². The van der Waals surface area contributed by atoms with E-state index in [2.05, 4.69) is 15.0 Å². The number of nitrogens with one attached hydrogen (secondary N) is 1. The zero-order chi connectivity index (χ0) is 16.9. The lowest BCUT2D eigenvalue weighted by Crippen LogP contribution is -2.22. The van der Waals surface area contributed by atoms with Crippen LogP contribution in [0.15, 0.2) is 53.5 Å². The van der Waals surface area contributed by atoms with Crippen LogP contribution in [0, 0.1) is 6.92 Å². The van der Waals surface area contributed by atoms with E-state index < -0.39 is 6.36 Å². The van der Waals surface area contributed by atoms with Crippen LogP contribution in [0.3, 0.4) is 0 Å². The summed E-state index contributed by atoms with van der Waals surface area (Å²) >= 11 is 0. The second-order valence-electron chi connectivity index (χ2n) is 4.89. The second-order valence-corrected chi connectivity index (χ2v) is 4.89. The van der Waals surface area contributed by atoms with Crippen LogP contribution in [-0.4, -0.2) is 12.3 Å². The minimum atomic E-state index is -4.71. The zero-order valence-corrected chi connectivity index (χ0v) is 12.4. The Morgan fingerprint density at radius 2 is 1.87 bits per heavy atom. The molecule has 0 saturated carbocycles. The van der Waals surface area contributed by atoms with Crippen LogP contribution >= 0.6 is 0 Å². The lowest BCUT2D eigenvalue weighted by atomic mass is 10.1. The first-order valence-electron chi connectivity index (χ1n) is 6.80. The lowest BCUT2D eigenvalue weighted by molar-refractivity contribution is -0.274. The molecule has 0 bridgehead atoms. The Kier molecular flexibility index (Phi) is 5.10. The van der Waals surface area contributed by atoms with Crippen LogP contribution in [-0.2, 0) is 6.54 Å². The van der Waals surface area contributed by atoms with E-state index in [4.69, 9.17) is 5.73 Å². The number of ether oxygens (including phenoxy) is 1. The molecule has 0 aliphatic rings. The van der Waals surface area contributed by atoms with Gasteiger partial charge in [0, 0.05) is 5.69 Å². The number of nitrogens with zero attached hydrogens (tertiary/aromatic N) is 1. The second kappa shape index (κ2) is 7.04. The molecule has 4 nitrogen and oxygen atoms in total. The number of alkyl halides is 3. The summed E-state index contributed by atoms with van der Waals surface area (Å²) in [6, 6.07) is 13.1. The molecule has 0 fully saturated rings. The number of aryl methyl sites for hydroxylation is 1. The van der Waals surface area contributed by atoms with E-state index in [-0.39, 0.29) is 11.7 Å². The topological polar surface area (TPSA) is 59.6 Å². The highest BCUT2D eigenvalue weighted by Crippen LogP contribution is 2.23. The maximum atomic E-state index is 12.1. The average Bonchev–Trinajstić information content (AvgIpc) is 2.46. The molecule has 0 heterocycles. The first-order valence-corrected chi connectivity index (χ1v) is 6.80. The van der Waals surface area contributed by atoms with Crippen LogP contribution in [0.25, 0.3) is 0 Å². The molecule has 2 aromatic rings. The standard InChI is InChI=1S/C16H16F3N3O/c1-11-3-2-4-12(9-11)10-21-15(20)22-13-5-7-14(8-6-13)23-16(17,18)19/h2-9H,10H2,1H3,(H3,20,21,22). The Labute approximate surface area is 131 Å². The van der Waals surface area contributed by atoms with Crippen molar-refractivity contribution in [3.8, 4) is 5.75 Å². The monoisotopic (exact) mass is 323 g/mol. The Balaban J connectivity index is 1.94. The third-order valence-electron chi connectivity index (χ3n) is 2.87. The molecule has 0 atom stereocenters. The van der Waals surface area contributed by atoms with Gasteiger partial charge < -0.3 is 15.8 Å². The van der Waals surface area contributed by atoms with E-state index in [1.165, 1.54) is 24.3 Å². The van der Waals surface area contributed by atoms with Crippen molar-refractivity contribution in [1.29, 1.82) is 0 Å². The normalized spacial score (nSPS) is 12.1. The lowest BCUT2D eigenvalue weighted by Gasteiger charge is -2.10. The number of nitrogens with two attached hydrogens (primary N) is 1. The van der Waals surface area contributed by atoms with Gasteiger partial charge in [-0.15, -0.1) is 13.2 Å². The number of rotatable bonds is 4. The number of hydrogen-bond acceptors (Lipinski definition) is 2. The van der Waals surface area contributed by atoms with Gasteiger partial charge in [0.25, 0.3) is 0 Å². The number of aliphatic imine (C=N–C) groups is 1. The molecule has 7 heteroatoms. The summed E-state index contributed by atoms with van der Waals surface area (Å²) in [5.74, 6) is -0.116. The van der Waals surface area contributed by atoms with Gasteiger partial charge in [-0.3, -0.25) is 0 Å². The molecule has 23 heavy (non-hydrogen) atoms. The highest BCUT2D eigenvalue weighted by Gasteiger charge is 2.30. The van der Waals surface area contributed by atoms with Crippen LogP contribution in [0.2, 0.25) is 0 Å². The Morgan fingerprint density at radius 3 is 2.48 bits per heavy atom. The number of halogens is 3. The van der Waals surface area contributed by atoms with Crippen molar-refractivity contribution in [2.75, 3.05) is 5.32 Å². The molecule has 0 unspecified atom stereocenters. The van der Waals surface area contributed by atoms with Gasteiger partial charge in [0.1, 0.15) is 5.75 Å². The first-order chi connectivity index (χ1) is 10.8. The molecule has 0 saturated heterocycles. The number of anilines is 1. The number of hydrogen-bond donors (Lipinski definition) is 2. The Morgan fingerprint density at radius 1 is 1.17 bits per heavy atom. The molecule has 122 valence electrons. The van der Waals surface area contributed by atoms with Gasteiger partial charge in [-0.1, -0.05) is 29.8 Å². The van der Waals surface area contributed by atoms with Gasteiger partial charge in [0.05, 0.1) is 6.54 Å². The summed E-state index contributed by atoms with van der Waals surface area (Å²) in [7, 11) is 0. The van der Waals surface area contributed by atoms with Crippen molar-refractivity contribution < 1.29 is 17.9 Å². The third kappa shape index (κ3) is 5.90. The smallest absolute Gasteiger partial charge is 0.406 e. The molecule has 3 N–H and O–H groups in total. The van der Waals surface area contributed by atoms with E-state index >= 15 is 0 Å². The molecule has 0 spiro atoms. The minimum absolute atomic E-state index is 0.177. The van der Waals surface area contributed by atoms with Crippen molar-refractivity contribution in [2.45, 2.75) is 19.8 Å². The quantitative estimate of drug-likeness (QED) is 0.664. The van der Waals surface area contributed by atoms with Gasteiger partial charge in [-0.25, -0.2) is 4.99 Å². The number of guanidine groups is 1. The fourth-order valence-electron chi connectivity index (χ4n) is 1.91. The average molecular weight is 323 g/mol. The Hall–Kier alpha value is -2.70. The van der Waals surface area contributed by atoms with Crippen molar-refractivity contribution in [3.63, 3.8) is 0 Å². The molecule has 2 rings (SSSR count). The largest absolute Gasteiger partial charge is 0.573 e. The highest BCUT2D eigenvalue weighted by atomic mass is 19.4. The number of benzene rings is 2. The van der Waals surface area contributed by atoms with Crippen LogP contribution in [0.5, 0.6) is 5.75 Å².